The summed E-state index contributed by atoms with van der Waals surface area (Å²) in [5.74, 6) is 0.762. The van der Waals surface area contributed by atoms with Crippen LogP contribution in [0.3, 0.4) is 0 Å². The van der Waals surface area contributed by atoms with Gasteiger partial charge in [0.2, 0.25) is 0 Å². The maximum absolute atomic E-state index is 4.21. The lowest BCUT2D eigenvalue weighted by Crippen LogP contribution is -2.31. The molecule has 0 bridgehead atoms. The Morgan fingerprint density at radius 3 is 2.71 bits per heavy atom. The van der Waals surface area contributed by atoms with Crippen molar-refractivity contribution in [3.05, 3.63) is 18.0 Å². The normalized spacial score (nSPS) is 13.2. The Morgan fingerprint density at radius 2 is 2.18 bits per heavy atom. The molecule has 17 heavy (non-hydrogen) atoms. The number of hydrogen-bond acceptors (Lipinski definition) is 2. The lowest BCUT2D eigenvalue weighted by atomic mass is 9.98. The molecule has 1 atom stereocenters. The lowest BCUT2D eigenvalue weighted by Gasteiger charge is -2.20. The van der Waals surface area contributed by atoms with Gasteiger partial charge in [-0.3, -0.25) is 4.68 Å². The number of aryl methyl sites for hydroxylation is 2. The molecule has 0 fully saturated rings. The standard InChI is InChI=1S/C14H27N3/c1-5-8-15-14(9-12(2)3)7-6-13-10-16-17(4)11-13/h10-12,14-15H,5-9H2,1-4H3. The molecule has 0 spiro atoms. The fourth-order valence-corrected chi connectivity index (χ4v) is 2.16. The minimum Gasteiger partial charge on any atom is -0.314 e. The summed E-state index contributed by atoms with van der Waals surface area (Å²) < 4.78 is 1.88. The van der Waals surface area contributed by atoms with Gasteiger partial charge in [0.05, 0.1) is 6.20 Å². The van der Waals surface area contributed by atoms with Gasteiger partial charge in [-0.25, -0.2) is 0 Å². The minimum absolute atomic E-state index is 0.648. The highest BCUT2D eigenvalue weighted by Crippen LogP contribution is 2.11. The van der Waals surface area contributed by atoms with Crippen molar-refractivity contribution in [1.29, 1.82) is 0 Å². The molecule has 1 aromatic rings. The fourth-order valence-electron chi connectivity index (χ4n) is 2.16. The highest BCUT2D eigenvalue weighted by Gasteiger charge is 2.10. The smallest absolute Gasteiger partial charge is 0.0521 e. The van der Waals surface area contributed by atoms with Crippen molar-refractivity contribution in [2.24, 2.45) is 13.0 Å². The Bertz CT molecular complexity index is 304. The Balaban J connectivity index is 2.36. The summed E-state index contributed by atoms with van der Waals surface area (Å²) in [7, 11) is 1.98. The first kappa shape index (κ1) is 14.2. The first-order chi connectivity index (χ1) is 8.11. The first-order valence-corrected chi connectivity index (χ1v) is 6.82. The predicted octanol–water partition coefficient (Wildman–Crippen LogP) is 2.77. The summed E-state index contributed by atoms with van der Waals surface area (Å²) in [4.78, 5) is 0. The Labute approximate surface area is 106 Å². The number of nitrogens with one attached hydrogen (secondary N) is 1. The summed E-state index contributed by atoms with van der Waals surface area (Å²) >= 11 is 0. The van der Waals surface area contributed by atoms with Gasteiger partial charge in [-0.15, -0.1) is 0 Å². The van der Waals surface area contributed by atoms with Crippen LogP contribution in [0.2, 0.25) is 0 Å². The van der Waals surface area contributed by atoms with Crippen molar-refractivity contribution in [2.75, 3.05) is 6.54 Å². The maximum atomic E-state index is 4.21. The predicted molar refractivity (Wildman–Crippen MR) is 73.1 cm³/mol. The average molecular weight is 237 g/mol. The van der Waals surface area contributed by atoms with Crippen LogP contribution < -0.4 is 5.32 Å². The van der Waals surface area contributed by atoms with Gasteiger partial charge < -0.3 is 5.32 Å². The van der Waals surface area contributed by atoms with Crippen LogP contribution in [0, 0.1) is 5.92 Å². The average Bonchev–Trinajstić information content (AvgIpc) is 2.68. The number of rotatable bonds is 8. The lowest BCUT2D eigenvalue weighted by molar-refractivity contribution is 0.398. The molecule has 1 unspecified atom stereocenters. The molecule has 1 N–H and O–H groups in total. The highest BCUT2D eigenvalue weighted by atomic mass is 15.2. The Hall–Kier alpha value is -0.830. The molecule has 1 rings (SSSR count). The van der Waals surface area contributed by atoms with Crippen LogP contribution in [-0.4, -0.2) is 22.4 Å². The van der Waals surface area contributed by atoms with E-state index in [4.69, 9.17) is 0 Å². The zero-order chi connectivity index (χ0) is 12.7. The van der Waals surface area contributed by atoms with Crippen LogP contribution in [0.4, 0.5) is 0 Å². The first-order valence-electron chi connectivity index (χ1n) is 6.82. The molecule has 0 aromatic carbocycles. The SMILES string of the molecule is CCCNC(CCc1cnn(C)c1)CC(C)C. The molecular weight excluding hydrogens is 210 g/mol. The quantitative estimate of drug-likeness (QED) is 0.753. The highest BCUT2D eigenvalue weighted by molar-refractivity contribution is 5.03. The molecule has 98 valence electrons. The van der Waals surface area contributed by atoms with Crippen molar-refractivity contribution >= 4 is 0 Å². The molecular formula is C14H27N3. The van der Waals surface area contributed by atoms with Crippen LogP contribution >= 0.6 is 0 Å². The Morgan fingerprint density at radius 1 is 1.41 bits per heavy atom. The van der Waals surface area contributed by atoms with Crippen molar-refractivity contribution in [3.8, 4) is 0 Å². The molecule has 0 saturated heterocycles. The monoisotopic (exact) mass is 237 g/mol. The summed E-state index contributed by atoms with van der Waals surface area (Å²) in [5, 5.41) is 7.86. The summed E-state index contributed by atoms with van der Waals surface area (Å²) in [6.07, 6.45) is 8.91. The van der Waals surface area contributed by atoms with E-state index in [0.717, 1.165) is 18.9 Å². The number of nitrogens with zero attached hydrogens (tertiary/aromatic N) is 2. The second-order valence-corrected chi connectivity index (χ2v) is 5.34. The minimum atomic E-state index is 0.648. The zero-order valence-corrected chi connectivity index (χ0v) is 11.7. The fraction of sp³-hybridized carbons (Fsp3) is 0.786. The van der Waals surface area contributed by atoms with Gasteiger partial charge in [-0.2, -0.15) is 5.10 Å². The topological polar surface area (TPSA) is 29.9 Å². The van der Waals surface area contributed by atoms with Crippen molar-refractivity contribution in [1.82, 2.24) is 15.1 Å². The van der Waals surface area contributed by atoms with E-state index in [-0.39, 0.29) is 0 Å². The van der Waals surface area contributed by atoms with Crippen molar-refractivity contribution in [2.45, 2.75) is 52.5 Å². The van der Waals surface area contributed by atoms with E-state index in [1.165, 1.54) is 24.8 Å². The van der Waals surface area contributed by atoms with Gasteiger partial charge in [0.1, 0.15) is 0 Å². The van der Waals surface area contributed by atoms with E-state index in [1.807, 2.05) is 17.9 Å². The second kappa shape index (κ2) is 7.49. The van der Waals surface area contributed by atoms with E-state index in [0.29, 0.717) is 6.04 Å². The molecule has 0 aliphatic rings. The third-order valence-corrected chi connectivity index (χ3v) is 2.98. The van der Waals surface area contributed by atoms with E-state index in [9.17, 15) is 0 Å². The molecule has 3 heteroatoms. The van der Waals surface area contributed by atoms with Crippen LogP contribution in [0.25, 0.3) is 0 Å². The third kappa shape index (κ3) is 5.87. The molecule has 1 aromatic heterocycles. The third-order valence-electron chi connectivity index (χ3n) is 2.98. The molecule has 0 aliphatic heterocycles. The van der Waals surface area contributed by atoms with Gasteiger partial charge in [0.15, 0.2) is 0 Å². The second-order valence-electron chi connectivity index (χ2n) is 5.34. The Kier molecular flexibility index (Phi) is 6.27. The molecule has 1 heterocycles. The van der Waals surface area contributed by atoms with E-state index in [2.05, 4.69) is 37.4 Å². The summed E-state index contributed by atoms with van der Waals surface area (Å²) in [6.45, 7) is 7.94. The van der Waals surface area contributed by atoms with Gasteiger partial charge in [0.25, 0.3) is 0 Å². The van der Waals surface area contributed by atoms with Crippen LogP contribution in [0.5, 0.6) is 0 Å². The van der Waals surface area contributed by atoms with Crippen LogP contribution in [0.15, 0.2) is 12.4 Å². The molecule has 0 aliphatic carbocycles. The van der Waals surface area contributed by atoms with E-state index < -0.39 is 0 Å². The van der Waals surface area contributed by atoms with Gasteiger partial charge in [0, 0.05) is 19.3 Å². The zero-order valence-electron chi connectivity index (χ0n) is 11.7. The summed E-state index contributed by atoms with van der Waals surface area (Å²) in [5.41, 5.74) is 1.35. The van der Waals surface area contributed by atoms with Crippen LogP contribution in [0.1, 0.15) is 45.6 Å². The maximum Gasteiger partial charge on any atom is 0.0521 e. The number of aromatic nitrogens is 2. The van der Waals surface area contributed by atoms with Crippen molar-refractivity contribution < 1.29 is 0 Å². The number of hydrogen-bond donors (Lipinski definition) is 1. The van der Waals surface area contributed by atoms with E-state index in [1.54, 1.807) is 0 Å². The van der Waals surface area contributed by atoms with E-state index >= 15 is 0 Å². The van der Waals surface area contributed by atoms with Gasteiger partial charge in [-0.05, 0) is 43.7 Å². The van der Waals surface area contributed by atoms with Crippen LogP contribution in [-0.2, 0) is 13.5 Å². The molecule has 0 radical (unpaired) electrons. The van der Waals surface area contributed by atoms with Gasteiger partial charge >= 0.3 is 0 Å². The van der Waals surface area contributed by atoms with Crippen molar-refractivity contribution in [3.63, 3.8) is 0 Å². The summed E-state index contributed by atoms with van der Waals surface area (Å²) in [6, 6.07) is 0.648. The molecule has 0 saturated carbocycles. The van der Waals surface area contributed by atoms with Gasteiger partial charge in [-0.1, -0.05) is 20.8 Å². The largest absolute Gasteiger partial charge is 0.314 e. The molecule has 0 amide bonds. The molecule has 3 nitrogen and oxygen atoms in total.